The molecule has 0 aliphatic carbocycles. The number of hydrogen-bond acceptors (Lipinski definition) is 6. The number of hydrogen-bond donors (Lipinski definition) is 2. The molecule has 0 aromatic carbocycles. The first kappa shape index (κ1) is 13.2. The molecule has 1 amide bonds. The molecule has 2 aromatic rings. The molecule has 2 rings (SSSR count). The number of aromatic nitrogens is 4. The Labute approximate surface area is 113 Å². The van der Waals surface area contributed by atoms with Gasteiger partial charge in [0.15, 0.2) is 5.69 Å². The third-order valence-corrected chi connectivity index (χ3v) is 2.38. The quantitative estimate of drug-likeness (QED) is 0.454. The zero-order valence-corrected chi connectivity index (χ0v) is 10.5. The zero-order chi connectivity index (χ0) is 13.7. The van der Waals surface area contributed by atoms with E-state index >= 15 is 0 Å². The molecule has 0 radical (unpaired) electrons. The van der Waals surface area contributed by atoms with Crippen molar-refractivity contribution in [3.63, 3.8) is 0 Å². The first-order valence-corrected chi connectivity index (χ1v) is 5.71. The number of carbonyl (C=O) groups excluding carboxylic acids is 1. The molecule has 0 aliphatic rings. The maximum atomic E-state index is 11.2. The lowest BCUT2D eigenvalue weighted by Gasteiger charge is -2.05. The molecule has 3 N–H and O–H groups in total. The number of hydrazine groups is 1. The van der Waals surface area contributed by atoms with E-state index in [4.69, 9.17) is 22.2 Å². The Hall–Kier alpha value is -2.19. The van der Waals surface area contributed by atoms with Gasteiger partial charge in [-0.2, -0.15) is 0 Å². The van der Waals surface area contributed by atoms with Gasteiger partial charge in [0.1, 0.15) is 12.4 Å². The Morgan fingerprint density at radius 2 is 2.37 bits per heavy atom. The highest BCUT2D eigenvalue weighted by Crippen LogP contribution is 2.14. The summed E-state index contributed by atoms with van der Waals surface area (Å²) in [6, 6.07) is 1.66. The van der Waals surface area contributed by atoms with Crippen molar-refractivity contribution in [1.82, 2.24) is 25.4 Å². The number of ether oxygens (including phenoxy) is 1. The van der Waals surface area contributed by atoms with Crippen LogP contribution in [0.5, 0.6) is 5.75 Å². The Bertz CT molecular complexity index is 573. The molecular weight excluding hydrogens is 272 g/mol. The second kappa shape index (κ2) is 6.12. The summed E-state index contributed by atoms with van der Waals surface area (Å²) in [5.74, 6) is 5.05. The minimum Gasteiger partial charge on any atom is -0.490 e. The minimum absolute atomic E-state index is 0.145. The second-order valence-electron chi connectivity index (χ2n) is 3.53. The van der Waals surface area contributed by atoms with Crippen LogP contribution in [0, 0.1) is 0 Å². The highest BCUT2D eigenvalue weighted by atomic mass is 35.5. The van der Waals surface area contributed by atoms with Gasteiger partial charge in [-0.15, -0.1) is 5.10 Å². The minimum atomic E-state index is -0.494. The fourth-order valence-corrected chi connectivity index (χ4v) is 1.48. The molecule has 0 saturated carbocycles. The molecular formula is C10H11ClN6O2. The van der Waals surface area contributed by atoms with E-state index in [1.165, 1.54) is 17.1 Å². The summed E-state index contributed by atoms with van der Waals surface area (Å²) in [5.41, 5.74) is 2.12. The van der Waals surface area contributed by atoms with Gasteiger partial charge in [0.2, 0.25) is 0 Å². The fourth-order valence-electron chi connectivity index (χ4n) is 1.31. The van der Waals surface area contributed by atoms with Crippen LogP contribution in [0.4, 0.5) is 0 Å². The number of amides is 1. The van der Waals surface area contributed by atoms with Crippen molar-refractivity contribution in [3.8, 4) is 5.75 Å². The van der Waals surface area contributed by atoms with Crippen LogP contribution in [0.15, 0.2) is 24.7 Å². The number of rotatable bonds is 5. The highest BCUT2D eigenvalue weighted by Gasteiger charge is 2.08. The average molecular weight is 283 g/mol. The van der Waals surface area contributed by atoms with Crippen LogP contribution < -0.4 is 16.0 Å². The molecule has 9 heteroatoms. The first-order valence-electron chi connectivity index (χ1n) is 5.33. The molecule has 0 fully saturated rings. The van der Waals surface area contributed by atoms with E-state index < -0.39 is 5.91 Å². The SMILES string of the molecule is NNC(=O)c1cn(CCOc2cncc(Cl)c2)nn1. The predicted molar refractivity (Wildman–Crippen MR) is 66.4 cm³/mol. The van der Waals surface area contributed by atoms with Crippen LogP contribution in [-0.4, -0.2) is 32.5 Å². The summed E-state index contributed by atoms with van der Waals surface area (Å²) in [5, 5.41) is 7.92. The second-order valence-corrected chi connectivity index (χ2v) is 3.96. The smallest absolute Gasteiger partial charge is 0.287 e. The molecule has 2 aromatic heterocycles. The summed E-state index contributed by atoms with van der Waals surface area (Å²) >= 11 is 5.77. The van der Waals surface area contributed by atoms with Crippen molar-refractivity contribution in [2.24, 2.45) is 5.84 Å². The third-order valence-electron chi connectivity index (χ3n) is 2.17. The van der Waals surface area contributed by atoms with Crippen molar-refractivity contribution in [3.05, 3.63) is 35.4 Å². The predicted octanol–water partition coefficient (Wildman–Crippen LogP) is 0.00900. The molecule has 2 heterocycles. The van der Waals surface area contributed by atoms with Crippen LogP contribution >= 0.6 is 11.6 Å². The molecule has 0 unspecified atom stereocenters. The Morgan fingerprint density at radius 3 is 3.11 bits per heavy atom. The summed E-state index contributed by atoms with van der Waals surface area (Å²) in [6.45, 7) is 0.770. The third kappa shape index (κ3) is 3.63. The van der Waals surface area contributed by atoms with E-state index in [-0.39, 0.29) is 5.69 Å². The number of carbonyl (C=O) groups is 1. The Balaban J connectivity index is 1.86. The normalized spacial score (nSPS) is 10.2. The van der Waals surface area contributed by atoms with Gasteiger partial charge in [-0.25, -0.2) is 10.5 Å². The number of nitrogens with one attached hydrogen (secondary N) is 1. The van der Waals surface area contributed by atoms with Gasteiger partial charge in [-0.1, -0.05) is 16.8 Å². The highest BCUT2D eigenvalue weighted by molar-refractivity contribution is 6.30. The molecule has 0 bridgehead atoms. The van der Waals surface area contributed by atoms with E-state index in [0.717, 1.165) is 0 Å². The number of halogens is 1. The molecule has 8 nitrogen and oxygen atoms in total. The number of nitrogens with zero attached hydrogens (tertiary/aromatic N) is 4. The molecule has 100 valence electrons. The van der Waals surface area contributed by atoms with Crippen molar-refractivity contribution in [2.45, 2.75) is 6.54 Å². The van der Waals surface area contributed by atoms with Gasteiger partial charge in [0, 0.05) is 12.3 Å². The van der Waals surface area contributed by atoms with Crippen LogP contribution in [0.2, 0.25) is 5.02 Å². The van der Waals surface area contributed by atoms with Gasteiger partial charge in [0.25, 0.3) is 5.91 Å². The summed E-state index contributed by atoms with van der Waals surface area (Å²) in [7, 11) is 0. The lowest BCUT2D eigenvalue weighted by molar-refractivity contribution is 0.0948. The van der Waals surface area contributed by atoms with Crippen molar-refractivity contribution < 1.29 is 9.53 Å². The first-order chi connectivity index (χ1) is 9.19. The van der Waals surface area contributed by atoms with Gasteiger partial charge in [0.05, 0.1) is 24.0 Å². The maximum absolute atomic E-state index is 11.2. The number of nitrogens with two attached hydrogens (primary N) is 1. The average Bonchev–Trinajstić information content (AvgIpc) is 2.87. The van der Waals surface area contributed by atoms with Crippen LogP contribution in [-0.2, 0) is 6.54 Å². The zero-order valence-electron chi connectivity index (χ0n) is 9.78. The lowest BCUT2D eigenvalue weighted by atomic mass is 10.4. The molecule has 0 spiro atoms. The lowest BCUT2D eigenvalue weighted by Crippen LogP contribution is -2.30. The topological polar surface area (TPSA) is 108 Å². The van der Waals surface area contributed by atoms with Crippen molar-refractivity contribution in [1.29, 1.82) is 0 Å². The monoisotopic (exact) mass is 282 g/mol. The number of nitrogen functional groups attached to an aromatic ring is 1. The van der Waals surface area contributed by atoms with Crippen LogP contribution in [0.1, 0.15) is 10.5 Å². The summed E-state index contributed by atoms with van der Waals surface area (Å²) in [6.07, 6.45) is 4.55. The standard InChI is InChI=1S/C10H11ClN6O2/c11-7-3-8(5-13-4-7)19-2-1-17-6-9(15-16-17)10(18)14-12/h3-6H,1-2,12H2,(H,14,18). The van der Waals surface area contributed by atoms with Crippen LogP contribution in [0.3, 0.4) is 0 Å². The van der Waals surface area contributed by atoms with Crippen LogP contribution in [0.25, 0.3) is 0 Å². The van der Waals surface area contributed by atoms with Gasteiger partial charge in [-0.3, -0.25) is 15.2 Å². The van der Waals surface area contributed by atoms with Gasteiger partial charge in [-0.05, 0) is 0 Å². The molecule has 0 saturated heterocycles. The van der Waals surface area contributed by atoms with Crippen molar-refractivity contribution >= 4 is 17.5 Å². The van der Waals surface area contributed by atoms with E-state index in [1.54, 1.807) is 12.3 Å². The summed E-state index contributed by atoms with van der Waals surface area (Å²) in [4.78, 5) is 15.0. The van der Waals surface area contributed by atoms with E-state index in [9.17, 15) is 4.79 Å². The molecule has 0 aliphatic heterocycles. The Morgan fingerprint density at radius 1 is 1.53 bits per heavy atom. The van der Waals surface area contributed by atoms with Crippen molar-refractivity contribution in [2.75, 3.05) is 6.61 Å². The largest absolute Gasteiger partial charge is 0.490 e. The van der Waals surface area contributed by atoms with Gasteiger partial charge < -0.3 is 4.74 Å². The fraction of sp³-hybridized carbons (Fsp3) is 0.200. The molecule has 0 atom stereocenters. The van der Waals surface area contributed by atoms with E-state index in [0.29, 0.717) is 23.9 Å². The Kier molecular flexibility index (Phi) is 4.26. The molecule has 19 heavy (non-hydrogen) atoms. The number of pyridine rings is 1. The maximum Gasteiger partial charge on any atom is 0.287 e. The summed E-state index contributed by atoms with van der Waals surface area (Å²) < 4.78 is 6.90. The van der Waals surface area contributed by atoms with E-state index in [1.807, 2.05) is 5.43 Å². The van der Waals surface area contributed by atoms with Gasteiger partial charge >= 0.3 is 0 Å². The van der Waals surface area contributed by atoms with E-state index in [2.05, 4.69) is 15.3 Å².